The zero-order valence-corrected chi connectivity index (χ0v) is 39.7. The van der Waals surface area contributed by atoms with Crippen LogP contribution in [0.2, 0.25) is 0 Å². The van der Waals surface area contributed by atoms with Gasteiger partial charge in [0.05, 0.1) is 46.9 Å². The highest BCUT2D eigenvalue weighted by Gasteiger charge is 2.22. The van der Waals surface area contributed by atoms with E-state index in [1.807, 2.05) is 46.2 Å². The fraction of sp³-hybridized carbons (Fsp3) is 0.434. The van der Waals surface area contributed by atoms with Crippen LogP contribution in [0.1, 0.15) is 163 Å². The molecule has 0 saturated heterocycles. The number of para-hydroxylation sites is 2. The highest BCUT2D eigenvalue weighted by molar-refractivity contribution is 5.63. The minimum atomic E-state index is 0. The lowest BCUT2D eigenvalue weighted by molar-refractivity contribution is 0.346. The van der Waals surface area contributed by atoms with Crippen LogP contribution in [0.4, 0.5) is 0 Å². The molecule has 7 aromatic rings. The molecule has 0 radical (unpaired) electrons. The van der Waals surface area contributed by atoms with Gasteiger partial charge in [-0.25, -0.2) is 9.36 Å². The van der Waals surface area contributed by atoms with E-state index in [0.29, 0.717) is 23.7 Å². The monoisotopic (exact) mass is 825 g/mol. The molecule has 4 heterocycles. The predicted molar refractivity (Wildman–Crippen MR) is 260 cm³/mol. The molecule has 328 valence electrons. The van der Waals surface area contributed by atoms with Gasteiger partial charge in [-0.05, 0) is 132 Å². The van der Waals surface area contributed by atoms with Crippen molar-refractivity contribution in [2.24, 2.45) is 0 Å². The minimum absolute atomic E-state index is 0. The van der Waals surface area contributed by atoms with Crippen LogP contribution in [0.5, 0.6) is 0 Å². The lowest BCUT2D eigenvalue weighted by atomic mass is 9.99. The van der Waals surface area contributed by atoms with E-state index in [1.165, 1.54) is 67.4 Å². The van der Waals surface area contributed by atoms with Crippen LogP contribution in [0.25, 0.3) is 22.6 Å². The highest BCUT2D eigenvalue weighted by Crippen LogP contribution is 2.28. The summed E-state index contributed by atoms with van der Waals surface area (Å²) in [7, 11) is 0. The summed E-state index contributed by atoms with van der Waals surface area (Å²) in [5.41, 5.74) is 17.6. The molecule has 4 aromatic heterocycles. The third-order valence-corrected chi connectivity index (χ3v) is 10.9. The molecular weight excluding hydrogens is 749 g/mol. The third kappa shape index (κ3) is 12.5. The lowest BCUT2D eigenvalue weighted by Gasteiger charge is -2.21. The quantitative estimate of drug-likeness (QED) is 0.174. The van der Waals surface area contributed by atoms with Crippen molar-refractivity contribution in [2.75, 3.05) is 0 Å². The molecule has 7 rings (SSSR count). The third-order valence-electron chi connectivity index (χ3n) is 10.9. The summed E-state index contributed by atoms with van der Waals surface area (Å²) < 4.78 is 6.16. The molecule has 0 saturated carbocycles. The average molecular weight is 825 g/mol. The second-order valence-corrected chi connectivity index (χ2v) is 18.2. The SMILES string of the molecule is C.Cc1c(C(C)C)cnn1-c1ccccc1.Cc1ccc(-c2[nH]ncc2C(C)C)cc1.Cc1ccccc1-n1ncc(C(C)C)c1C.Cc1nn(C(C)(C)C)c(C)c1C(C)C. The van der Waals surface area contributed by atoms with E-state index < -0.39 is 0 Å². The lowest BCUT2D eigenvalue weighted by Crippen LogP contribution is -2.24. The summed E-state index contributed by atoms with van der Waals surface area (Å²) >= 11 is 0. The number of hydrogen-bond acceptors (Lipinski definition) is 4. The van der Waals surface area contributed by atoms with Gasteiger partial charge in [0.25, 0.3) is 0 Å². The molecule has 0 atom stereocenters. The molecule has 8 nitrogen and oxygen atoms in total. The van der Waals surface area contributed by atoms with E-state index in [0.717, 1.165) is 11.4 Å². The van der Waals surface area contributed by atoms with Gasteiger partial charge in [0.1, 0.15) is 0 Å². The Bertz CT molecular complexity index is 2370. The molecule has 1 N–H and O–H groups in total. The van der Waals surface area contributed by atoms with Crippen molar-refractivity contribution in [3.63, 3.8) is 0 Å². The Morgan fingerprint density at radius 3 is 1.51 bits per heavy atom. The normalized spacial score (nSPS) is 11.2. The first-order valence-corrected chi connectivity index (χ1v) is 21.6. The Hall–Kier alpha value is -5.50. The number of aromatic nitrogens is 8. The summed E-state index contributed by atoms with van der Waals surface area (Å²) in [5, 5.41) is 20.7. The Labute approximate surface area is 368 Å². The molecular formula is C53H76N8. The van der Waals surface area contributed by atoms with Crippen LogP contribution in [-0.2, 0) is 5.54 Å². The van der Waals surface area contributed by atoms with Gasteiger partial charge >= 0.3 is 0 Å². The molecule has 0 fully saturated rings. The molecule has 3 aromatic carbocycles. The van der Waals surface area contributed by atoms with E-state index >= 15 is 0 Å². The zero-order chi connectivity index (χ0) is 44.5. The summed E-state index contributed by atoms with van der Waals surface area (Å²) in [6.45, 7) is 36.9. The van der Waals surface area contributed by atoms with Gasteiger partial charge in [0.15, 0.2) is 0 Å². The van der Waals surface area contributed by atoms with Gasteiger partial charge in [-0.15, -0.1) is 0 Å². The smallest absolute Gasteiger partial charge is 0.0684 e. The molecule has 0 aliphatic heterocycles. The average Bonchev–Trinajstić information content (AvgIpc) is 3.99. The fourth-order valence-corrected chi connectivity index (χ4v) is 7.68. The van der Waals surface area contributed by atoms with Gasteiger partial charge in [0, 0.05) is 22.6 Å². The van der Waals surface area contributed by atoms with Gasteiger partial charge in [-0.1, -0.05) is 129 Å². The number of rotatable bonds is 7. The summed E-state index contributed by atoms with van der Waals surface area (Å²) in [4.78, 5) is 0. The second-order valence-electron chi connectivity index (χ2n) is 18.2. The number of H-pyrrole nitrogens is 1. The van der Waals surface area contributed by atoms with Gasteiger partial charge in [-0.2, -0.15) is 20.4 Å². The maximum atomic E-state index is 4.62. The minimum Gasteiger partial charge on any atom is -0.278 e. The Balaban J connectivity index is 0.000000216. The van der Waals surface area contributed by atoms with E-state index in [4.69, 9.17) is 0 Å². The first-order valence-electron chi connectivity index (χ1n) is 21.6. The van der Waals surface area contributed by atoms with Crippen LogP contribution in [0, 0.1) is 41.5 Å². The first-order chi connectivity index (χ1) is 28.2. The number of nitrogens with zero attached hydrogens (tertiary/aromatic N) is 7. The zero-order valence-electron chi connectivity index (χ0n) is 39.7. The summed E-state index contributed by atoms with van der Waals surface area (Å²) in [5.74, 6) is 2.12. The maximum Gasteiger partial charge on any atom is 0.0684 e. The van der Waals surface area contributed by atoms with Crippen LogP contribution in [0.15, 0.2) is 97.5 Å². The van der Waals surface area contributed by atoms with Crippen LogP contribution < -0.4 is 0 Å². The van der Waals surface area contributed by atoms with Gasteiger partial charge in [-0.3, -0.25) is 9.78 Å². The van der Waals surface area contributed by atoms with Crippen molar-refractivity contribution in [1.82, 2.24) is 39.5 Å². The van der Waals surface area contributed by atoms with E-state index in [2.05, 4.69) is 209 Å². The van der Waals surface area contributed by atoms with Crippen molar-refractivity contribution < 1.29 is 0 Å². The molecule has 0 bridgehead atoms. The number of hydrogen-bond donors (Lipinski definition) is 1. The Kier molecular flexibility index (Phi) is 17.9. The summed E-state index contributed by atoms with van der Waals surface area (Å²) in [6, 6.07) is 27.1. The number of benzene rings is 3. The summed E-state index contributed by atoms with van der Waals surface area (Å²) in [6.07, 6.45) is 5.86. The standard InChI is InChI=1S/C14H18N2.2C13H16N2.C12H22N2.CH4/c1-10(2)13-9-15-16(12(13)4)14-8-6-5-7-11(14)3;1-9(2)12-8-14-15-13(12)11-6-4-10(3)5-7-11;1-10(2)13-9-14-15(11(13)3)12-7-5-4-6-8-12;1-8(2)11-9(3)13-14(10(11)4)12(5,6)7;/h5-10H,1-4H3;4-9H,1-3H3,(H,14,15);4-10H,1-3H3;8H,1-7H3;1H4. The largest absolute Gasteiger partial charge is 0.278 e. The first kappa shape index (κ1) is 49.9. The molecule has 0 aliphatic rings. The Morgan fingerprint density at radius 2 is 1.05 bits per heavy atom. The van der Waals surface area contributed by atoms with Crippen LogP contribution in [-0.4, -0.2) is 39.5 Å². The topological polar surface area (TPSA) is 82.1 Å². The predicted octanol–water partition coefficient (Wildman–Crippen LogP) is 14.4. The highest BCUT2D eigenvalue weighted by atomic mass is 15.3. The van der Waals surface area contributed by atoms with Gasteiger partial charge in [0.2, 0.25) is 0 Å². The van der Waals surface area contributed by atoms with Crippen molar-refractivity contribution in [1.29, 1.82) is 0 Å². The van der Waals surface area contributed by atoms with Crippen molar-refractivity contribution >= 4 is 0 Å². The number of aromatic amines is 1. The van der Waals surface area contributed by atoms with Crippen LogP contribution >= 0.6 is 0 Å². The van der Waals surface area contributed by atoms with Crippen molar-refractivity contribution in [2.45, 2.75) is 154 Å². The maximum absolute atomic E-state index is 4.62. The second kappa shape index (κ2) is 21.8. The number of aryl methyl sites for hydroxylation is 3. The van der Waals surface area contributed by atoms with E-state index in [9.17, 15) is 0 Å². The molecule has 0 spiro atoms. The molecule has 0 amide bonds. The molecule has 0 unspecified atom stereocenters. The van der Waals surface area contributed by atoms with E-state index in [1.54, 1.807) is 0 Å². The Morgan fingerprint density at radius 1 is 0.541 bits per heavy atom. The number of nitrogens with one attached hydrogen (secondary N) is 1. The molecule has 0 aliphatic carbocycles. The van der Waals surface area contributed by atoms with E-state index in [-0.39, 0.29) is 13.0 Å². The molecule has 8 heteroatoms. The van der Waals surface area contributed by atoms with Crippen molar-refractivity contribution in [3.8, 4) is 22.6 Å². The molecule has 61 heavy (non-hydrogen) atoms. The van der Waals surface area contributed by atoms with Gasteiger partial charge < -0.3 is 0 Å². The van der Waals surface area contributed by atoms with Crippen LogP contribution in [0.3, 0.4) is 0 Å². The van der Waals surface area contributed by atoms with Crippen molar-refractivity contribution in [3.05, 3.63) is 154 Å². The fourth-order valence-electron chi connectivity index (χ4n) is 7.68.